The van der Waals surface area contributed by atoms with Gasteiger partial charge < -0.3 is 10.2 Å². The molecule has 1 atom stereocenters. The molecule has 4 heterocycles. The van der Waals surface area contributed by atoms with E-state index in [1.165, 1.54) is 0 Å². The third-order valence-corrected chi connectivity index (χ3v) is 5.33. The lowest BCUT2D eigenvalue weighted by Crippen LogP contribution is -2.57. The minimum atomic E-state index is 0.00703. The summed E-state index contributed by atoms with van der Waals surface area (Å²) >= 11 is 0. The molecule has 0 aromatic carbocycles. The summed E-state index contributed by atoms with van der Waals surface area (Å²) in [5, 5.41) is 7.43. The smallest absolute Gasteiger partial charge is 0.324 e. The Hall–Kier alpha value is -2.09. The number of amides is 3. The Labute approximate surface area is 141 Å². The summed E-state index contributed by atoms with van der Waals surface area (Å²) in [5.74, 6) is 0.165. The highest BCUT2D eigenvalue weighted by atomic mass is 16.2. The van der Waals surface area contributed by atoms with Crippen molar-refractivity contribution in [2.45, 2.75) is 31.3 Å². The fourth-order valence-corrected chi connectivity index (χ4v) is 3.74. The molecule has 130 valence electrons. The van der Waals surface area contributed by atoms with E-state index < -0.39 is 0 Å². The molecule has 1 aromatic heterocycles. The predicted octanol–water partition coefficient (Wildman–Crippen LogP) is 0.280. The first-order valence-corrected chi connectivity index (χ1v) is 8.72. The van der Waals surface area contributed by atoms with Crippen molar-refractivity contribution in [1.82, 2.24) is 24.9 Å². The van der Waals surface area contributed by atoms with Crippen LogP contribution in [0.1, 0.15) is 25.3 Å². The van der Waals surface area contributed by atoms with E-state index in [-0.39, 0.29) is 24.0 Å². The molecule has 1 N–H and O–H groups in total. The molecule has 3 aliphatic heterocycles. The lowest BCUT2D eigenvalue weighted by molar-refractivity contribution is -0.128. The minimum Gasteiger partial charge on any atom is -0.355 e. The molecule has 0 radical (unpaired) electrons. The molecule has 24 heavy (non-hydrogen) atoms. The van der Waals surface area contributed by atoms with Crippen LogP contribution in [0.4, 0.5) is 10.5 Å². The van der Waals surface area contributed by atoms with Gasteiger partial charge in [-0.3, -0.25) is 19.3 Å². The average Bonchev–Trinajstić information content (AvgIpc) is 3.05. The quantitative estimate of drug-likeness (QED) is 0.863. The largest absolute Gasteiger partial charge is 0.355 e. The maximum Gasteiger partial charge on any atom is 0.324 e. The summed E-state index contributed by atoms with van der Waals surface area (Å²) < 4.78 is 1.94. The number of hydrogen-bond donors (Lipinski definition) is 1. The normalized spacial score (nSPS) is 26.5. The summed E-state index contributed by atoms with van der Waals surface area (Å²) in [5.41, 5.74) is 0.856. The highest BCUT2D eigenvalue weighted by molar-refractivity contribution is 5.93. The lowest BCUT2D eigenvalue weighted by Gasteiger charge is -2.43. The van der Waals surface area contributed by atoms with Crippen LogP contribution in [0.25, 0.3) is 0 Å². The highest BCUT2D eigenvalue weighted by Crippen LogP contribution is 2.28. The van der Waals surface area contributed by atoms with Crippen LogP contribution >= 0.6 is 0 Å². The van der Waals surface area contributed by atoms with Crippen LogP contribution in [0.5, 0.6) is 0 Å². The zero-order chi connectivity index (χ0) is 16.7. The zero-order valence-corrected chi connectivity index (χ0v) is 14.0. The Morgan fingerprint density at radius 3 is 2.79 bits per heavy atom. The zero-order valence-electron chi connectivity index (χ0n) is 14.0. The van der Waals surface area contributed by atoms with E-state index in [4.69, 9.17) is 0 Å². The van der Waals surface area contributed by atoms with Crippen molar-refractivity contribution in [3.8, 4) is 0 Å². The molecule has 0 bridgehead atoms. The number of nitrogens with one attached hydrogen (secondary N) is 1. The monoisotopic (exact) mass is 332 g/mol. The number of carbonyl (C=O) groups excluding carboxylic acids is 2. The van der Waals surface area contributed by atoms with Gasteiger partial charge in [0.2, 0.25) is 5.91 Å². The van der Waals surface area contributed by atoms with Crippen molar-refractivity contribution < 1.29 is 9.59 Å². The van der Waals surface area contributed by atoms with Gasteiger partial charge in [0.05, 0.1) is 24.0 Å². The van der Waals surface area contributed by atoms with Crippen LogP contribution in [-0.2, 0) is 4.79 Å². The number of rotatable bonds is 3. The summed E-state index contributed by atoms with van der Waals surface area (Å²) in [7, 11) is 1.81. The number of nitrogens with zero attached hydrogens (tertiary/aromatic N) is 5. The summed E-state index contributed by atoms with van der Waals surface area (Å²) in [6.45, 7) is 3.94. The SMILES string of the molecule is CN1CCN(c2cnn(C3CN(C4CCCCNC4=O)C3)c2)C1=O. The van der Waals surface area contributed by atoms with E-state index in [1.54, 1.807) is 16.0 Å². The van der Waals surface area contributed by atoms with Gasteiger partial charge in [0.15, 0.2) is 0 Å². The van der Waals surface area contributed by atoms with Crippen LogP contribution in [0.2, 0.25) is 0 Å². The molecular weight excluding hydrogens is 308 g/mol. The maximum absolute atomic E-state index is 12.1. The van der Waals surface area contributed by atoms with E-state index in [0.717, 1.165) is 51.1 Å². The number of likely N-dealkylation sites (tertiary alicyclic amines) is 1. The van der Waals surface area contributed by atoms with Crippen molar-refractivity contribution >= 4 is 17.6 Å². The second-order valence-electron chi connectivity index (χ2n) is 6.94. The fourth-order valence-electron chi connectivity index (χ4n) is 3.74. The third kappa shape index (κ3) is 2.64. The van der Waals surface area contributed by atoms with Gasteiger partial charge in [-0.1, -0.05) is 0 Å². The molecular formula is C16H24N6O2. The van der Waals surface area contributed by atoms with E-state index in [2.05, 4.69) is 15.3 Å². The van der Waals surface area contributed by atoms with Crippen LogP contribution in [0, 0.1) is 0 Å². The fraction of sp³-hybridized carbons (Fsp3) is 0.688. The van der Waals surface area contributed by atoms with Crippen molar-refractivity contribution in [3.63, 3.8) is 0 Å². The number of urea groups is 1. The summed E-state index contributed by atoms with van der Waals surface area (Å²) in [6, 6.07) is 0.317. The van der Waals surface area contributed by atoms with Crippen molar-refractivity contribution in [2.24, 2.45) is 0 Å². The average molecular weight is 332 g/mol. The Kier molecular flexibility index (Phi) is 3.91. The Morgan fingerprint density at radius 2 is 2.04 bits per heavy atom. The topological polar surface area (TPSA) is 73.7 Å². The van der Waals surface area contributed by atoms with E-state index in [0.29, 0.717) is 6.54 Å². The first kappa shape index (κ1) is 15.4. The minimum absolute atomic E-state index is 0.00703. The van der Waals surface area contributed by atoms with Crippen molar-refractivity contribution in [3.05, 3.63) is 12.4 Å². The molecule has 8 nitrogen and oxygen atoms in total. The van der Waals surface area contributed by atoms with Crippen LogP contribution in [0.3, 0.4) is 0 Å². The van der Waals surface area contributed by atoms with E-state index in [9.17, 15) is 9.59 Å². The number of hydrogen-bond acceptors (Lipinski definition) is 4. The molecule has 0 spiro atoms. The van der Waals surface area contributed by atoms with Gasteiger partial charge in [0.25, 0.3) is 0 Å². The predicted molar refractivity (Wildman–Crippen MR) is 88.9 cm³/mol. The number of carbonyl (C=O) groups is 2. The summed E-state index contributed by atoms with van der Waals surface area (Å²) in [6.07, 6.45) is 6.82. The van der Waals surface area contributed by atoms with Gasteiger partial charge in [0, 0.05) is 46.0 Å². The molecule has 3 saturated heterocycles. The maximum atomic E-state index is 12.1. The molecule has 3 amide bonds. The van der Waals surface area contributed by atoms with Crippen LogP contribution in [0.15, 0.2) is 12.4 Å². The molecule has 3 fully saturated rings. The van der Waals surface area contributed by atoms with Crippen LogP contribution in [-0.4, -0.2) is 77.3 Å². The van der Waals surface area contributed by atoms with Crippen LogP contribution < -0.4 is 10.2 Å². The molecule has 1 aromatic rings. The second kappa shape index (κ2) is 6.08. The Morgan fingerprint density at radius 1 is 1.21 bits per heavy atom. The van der Waals surface area contributed by atoms with Gasteiger partial charge in [-0.05, 0) is 19.3 Å². The second-order valence-corrected chi connectivity index (χ2v) is 6.94. The van der Waals surface area contributed by atoms with Gasteiger partial charge in [-0.2, -0.15) is 5.10 Å². The van der Waals surface area contributed by atoms with Gasteiger partial charge in [-0.25, -0.2) is 4.79 Å². The lowest BCUT2D eigenvalue weighted by atomic mass is 10.0. The Bertz CT molecular complexity index is 638. The van der Waals surface area contributed by atoms with E-state index in [1.807, 2.05) is 17.9 Å². The van der Waals surface area contributed by atoms with Gasteiger partial charge in [0.1, 0.15) is 0 Å². The van der Waals surface area contributed by atoms with E-state index >= 15 is 0 Å². The molecule has 8 heteroatoms. The summed E-state index contributed by atoms with van der Waals surface area (Å²) in [4.78, 5) is 29.9. The number of likely N-dealkylation sites (N-methyl/N-ethyl adjacent to an activating group) is 1. The Balaban J connectivity index is 1.37. The van der Waals surface area contributed by atoms with Gasteiger partial charge >= 0.3 is 6.03 Å². The molecule has 4 rings (SSSR count). The molecule has 0 aliphatic carbocycles. The molecule has 1 unspecified atom stereocenters. The number of aromatic nitrogens is 2. The highest BCUT2D eigenvalue weighted by Gasteiger charge is 2.38. The third-order valence-electron chi connectivity index (χ3n) is 5.33. The van der Waals surface area contributed by atoms with Crippen molar-refractivity contribution in [1.29, 1.82) is 0 Å². The van der Waals surface area contributed by atoms with Crippen molar-refractivity contribution in [2.75, 3.05) is 44.7 Å². The van der Waals surface area contributed by atoms with Gasteiger partial charge in [-0.15, -0.1) is 0 Å². The number of anilines is 1. The first-order chi connectivity index (χ1) is 11.6. The molecule has 0 saturated carbocycles. The first-order valence-electron chi connectivity index (χ1n) is 8.72. The standard InChI is InChI=1S/C16H24N6O2/c1-19-6-7-21(16(19)24)12-8-18-22(11-12)13-9-20(10-13)14-4-2-3-5-17-15(14)23/h8,11,13-14H,2-7,9-10H2,1H3,(H,17,23). The molecule has 3 aliphatic rings.